The number of ether oxygens (including phenoxy) is 2. The first-order valence-electron chi connectivity index (χ1n) is 3.35. The highest BCUT2D eigenvalue weighted by Crippen LogP contribution is 1.98. The fourth-order valence-electron chi connectivity index (χ4n) is 0.444. The summed E-state index contributed by atoms with van der Waals surface area (Å²) in [5.74, 6) is -1.70. The summed E-state index contributed by atoms with van der Waals surface area (Å²) in [7, 11) is 0. The second kappa shape index (κ2) is 6.25. The van der Waals surface area contributed by atoms with Gasteiger partial charge in [-0.25, -0.2) is 4.79 Å². The Morgan fingerprint density at radius 2 is 2.00 bits per heavy atom. The molecule has 4 nitrogen and oxygen atoms in total. The van der Waals surface area contributed by atoms with Crippen LogP contribution in [0.1, 0.15) is 0 Å². The van der Waals surface area contributed by atoms with Gasteiger partial charge in [-0.2, -0.15) is 0 Å². The van der Waals surface area contributed by atoms with E-state index in [0.29, 0.717) is 0 Å². The van der Waals surface area contributed by atoms with Gasteiger partial charge in [0.05, 0.1) is 0 Å². The number of hydrogen-bond acceptors (Lipinski definition) is 4. The van der Waals surface area contributed by atoms with Crippen molar-refractivity contribution in [2.75, 3.05) is 5.88 Å². The fraction of sp³-hybridized carbons (Fsp3) is 0.250. The molecule has 0 amide bonds. The molecule has 0 aromatic rings. The Kier molecular flexibility index (Phi) is 5.63. The summed E-state index contributed by atoms with van der Waals surface area (Å²) in [6, 6.07) is 0. The van der Waals surface area contributed by atoms with Crippen LogP contribution in [-0.2, 0) is 19.1 Å². The molecule has 0 heterocycles. The Morgan fingerprint density at radius 3 is 2.38 bits per heavy atom. The molecule has 72 valence electrons. The zero-order valence-corrected chi connectivity index (χ0v) is 7.62. The van der Waals surface area contributed by atoms with Crippen molar-refractivity contribution in [3.63, 3.8) is 0 Å². The second-order valence-electron chi connectivity index (χ2n) is 1.87. The van der Waals surface area contributed by atoms with E-state index in [9.17, 15) is 9.59 Å². The first-order valence-corrected chi connectivity index (χ1v) is 3.88. The number of esters is 2. The Bertz CT molecular complexity index is 224. The molecule has 0 radical (unpaired) electrons. The molecule has 5 heteroatoms. The zero-order chi connectivity index (χ0) is 10.3. The molecule has 0 aromatic heterocycles. The molecule has 0 N–H and O–H groups in total. The maximum atomic E-state index is 10.6. The number of carbonyl (C=O) groups is 2. The lowest BCUT2D eigenvalue weighted by Gasteiger charge is -2.12. The maximum absolute atomic E-state index is 10.6. The van der Waals surface area contributed by atoms with Gasteiger partial charge in [0.2, 0.25) is 0 Å². The molecule has 0 aromatic carbocycles. The van der Waals surface area contributed by atoms with Crippen LogP contribution in [0.3, 0.4) is 0 Å². The molecule has 1 atom stereocenters. The predicted molar refractivity (Wildman–Crippen MR) is 47.1 cm³/mol. The van der Waals surface area contributed by atoms with Crippen LogP contribution in [0.2, 0.25) is 0 Å². The minimum Gasteiger partial charge on any atom is -0.420 e. The van der Waals surface area contributed by atoms with Crippen LogP contribution in [0.4, 0.5) is 0 Å². The van der Waals surface area contributed by atoms with Crippen molar-refractivity contribution in [2.24, 2.45) is 0 Å². The molecule has 0 aliphatic carbocycles. The summed E-state index contributed by atoms with van der Waals surface area (Å²) in [5.41, 5.74) is 0. The zero-order valence-electron chi connectivity index (χ0n) is 6.86. The van der Waals surface area contributed by atoms with E-state index in [2.05, 4.69) is 22.6 Å². The van der Waals surface area contributed by atoms with E-state index in [0.717, 1.165) is 12.2 Å². The molecule has 0 rings (SSSR count). The molecular formula is C8H9ClO4. The van der Waals surface area contributed by atoms with Crippen molar-refractivity contribution in [1.29, 1.82) is 0 Å². The third-order valence-electron chi connectivity index (χ3n) is 0.948. The number of carbonyl (C=O) groups excluding carboxylic acids is 2. The highest BCUT2D eigenvalue weighted by Gasteiger charge is 2.12. The van der Waals surface area contributed by atoms with E-state index in [-0.39, 0.29) is 5.88 Å². The number of alkyl halides is 1. The molecule has 0 fully saturated rings. The molecule has 0 bridgehead atoms. The third kappa shape index (κ3) is 5.03. The molecule has 0 spiro atoms. The van der Waals surface area contributed by atoms with Gasteiger partial charge in [-0.1, -0.05) is 13.2 Å². The van der Waals surface area contributed by atoms with Gasteiger partial charge in [0.15, 0.2) is 0 Å². The van der Waals surface area contributed by atoms with E-state index in [1.54, 1.807) is 0 Å². The van der Waals surface area contributed by atoms with Crippen molar-refractivity contribution in [1.82, 2.24) is 0 Å². The lowest BCUT2D eigenvalue weighted by molar-refractivity contribution is -0.173. The van der Waals surface area contributed by atoms with Crippen LogP contribution in [-0.4, -0.2) is 24.1 Å². The molecule has 13 heavy (non-hydrogen) atoms. The number of hydrogen-bond donors (Lipinski definition) is 0. The monoisotopic (exact) mass is 204 g/mol. The van der Waals surface area contributed by atoms with Crippen LogP contribution in [0.15, 0.2) is 25.3 Å². The Hall–Kier alpha value is -1.29. The first-order chi connectivity index (χ1) is 6.13. The van der Waals surface area contributed by atoms with Crippen molar-refractivity contribution in [3.05, 3.63) is 25.3 Å². The Labute approximate surface area is 80.8 Å². The van der Waals surface area contributed by atoms with Gasteiger partial charge in [0.25, 0.3) is 6.29 Å². The maximum Gasteiger partial charge on any atom is 0.333 e. The number of halogens is 1. The molecule has 1 unspecified atom stereocenters. The SMILES string of the molecule is C=CC(=O)OC(C=C)OC(=O)CCl. The average molecular weight is 205 g/mol. The Balaban J connectivity index is 4.03. The van der Waals surface area contributed by atoms with Crippen LogP contribution in [0.5, 0.6) is 0 Å². The van der Waals surface area contributed by atoms with E-state index in [1.807, 2.05) is 0 Å². The normalized spacial score (nSPS) is 11.2. The first kappa shape index (κ1) is 11.7. The van der Waals surface area contributed by atoms with Crippen LogP contribution >= 0.6 is 11.6 Å². The largest absolute Gasteiger partial charge is 0.420 e. The molecule has 0 saturated carbocycles. The minimum atomic E-state index is -1.11. The molecule has 0 aliphatic heterocycles. The van der Waals surface area contributed by atoms with Crippen LogP contribution in [0.25, 0.3) is 0 Å². The topological polar surface area (TPSA) is 52.6 Å². The highest BCUT2D eigenvalue weighted by atomic mass is 35.5. The van der Waals surface area contributed by atoms with Gasteiger partial charge >= 0.3 is 11.9 Å². The average Bonchev–Trinajstić information content (AvgIpc) is 2.16. The summed E-state index contributed by atoms with van der Waals surface area (Å²) in [6.07, 6.45) is 0.994. The quantitative estimate of drug-likeness (QED) is 0.221. The van der Waals surface area contributed by atoms with E-state index >= 15 is 0 Å². The number of rotatable bonds is 5. The van der Waals surface area contributed by atoms with Gasteiger partial charge in [-0.05, 0) is 6.08 Å². The van der Waals surface area contributed by atoms with Gasteiger partial charge in [-0.15, -0.1) is 11.6 Å². The predicted octanol–water partition coefficient (Wildman–Crippen LogP) is 1.01. The van der Waals surface area contributed by atoms with Gasteiger partial charge in [-0.3, -0.25) is 4.79 Å². The van der Waals surface area contributed by atoms with E-state index in [4.69, 9.17) is 11.6 Å². The van der Waals surface area contributed by atoms with Gasteiger partial charge < -0.3 is 9.47 Å². The summed E-state index contributed by atoms with van der Waals surface area (Å²) < 4.78 is 9.09. The molecular weight excluding hydrogens is 196 g/mol. The third-order valence-corrected chi connectivity index (χ3v) is 1.17. The van der Waals surface area contributed by atoms with E-state index in [1.165, 1.54) is 0 Å². The minimum absolute atomic E-state index is 0.310. The smallest absolute Gasteiger partial charge is 0.333 e. The van der Waals surface area contributed by atoms with Gasteiger partial charge in [0.1, 0.15) is 5.88 Å². The summed E-state index contributed by atoms with van der Waals surface area (Å²) in [4.78, 5) is 21.3. The van der Waals surface area contributed by atoms with Crippen LogP contribution in [0, 0.1) is 0 Å². The van der Waals surface area contributed by atoms with Crippen molar-refractivity contribution in [2.45, 2.75) is 6.29 Å². The standard InChI is InChI=1S/C8H9ClO4/c1-3-6(10)12-8(4-2)13-7(11)5-9/h3-4,8H,1-2,5H2. The fourth-order valence-corrected chi connectivity index (χ4v) is 0.507. The van der Waals surface area contributed by atoms with Crippen molar-refractivity contribution < 1.29 is 19.1 Å². The molecule has 0 aliphatic rings. The van der Waals surface area contributed by atoms with Crippen LogP contribution < -0.4 is 0 Å². The Morgan fingerprint density at radius 1 is 1.38 bits per heavy atom. The summed E-state index contributed by atoms with van der Waals surface area (Å²) >= 11 is 5.15. The summed E-state index contributed by atoms with van der Waals surface area (Å²) in [5, 5.41) is 0. The van der Waals surface area contributed by atoms with E-state index < -0.39 is 18.2 Å². The van der Waals surface area contributed by atoms with Crippen molar-refractivity contribution in [3.8, 4) is 0 Å². The summed E-state index contributed by atoms with van der Waals surface area (Å²) in [6.45, 7) is 6.48. The van der Waals surface area contributed by atoms with Gasteiger partial charge in [0, 0.05) is 6.08 Å². The highest BCUT2D eigenvalue weighted by molar-refractivity contribution is 6.26. The lowest BCUT2D eigenvalue weighted by atomic mass is 10.6. The second-order valence-corrected chi connectivity index (χ2v) is 2.14. The van der Waals surface area contributed by atoms with Crippen molar-refractivity contribution >= 4 is 23.5 Å². The lowest BCUT2D eigenvalue weighted by Crippen LogP contribution is -2.22. The molecule has 0 saturated heterocycles.